The van der Waals surface area contributed by atoms with E-state index in [0.29, 0.717) is 10.0 Å². The Labute approximate surface area is 222 Å². The van der Waals surface area contributed by atoms with E-state index in [9.17, 15) is 9.59 Å². The van der Waals surface area contributed by atoms with Gasteiger partial charge < -0.3 is 18.9 Å². The first kappa shape index (κ1) is 27.5. The van der Waals surface area contributed by atoms with Crippen LogP contribution in [0.4, 0.5) is 0 Å². The maximum atomic E-state index is 12.0. The lowest BCUT2D eigenvalue weighted by Gasteiger charge is -2.30. The molecule has 0 atom stereocenters. The van der Waals surface area contributed by atoms with Crippen molar-refractivity contribution >= 4 is 105 Å². The molecule has 2 rings (SSSR count). The first-order valence-corrected chi connectivity index (χ1v) is 11.2. The van der Waals surface area contributed by atoms with Gasteiger partial charge in [0.05, 0.1) is 10.0 Å². The molecule has 2 aromatic rings. The van der Waals surface area contributed by atoms with Crippen LogP contribution in [0.5, 0.6) is 11.5 Å². The third-order valence-electron chi connectivity index (χ3n) is 3.30. The normalized spacial score (nSPS) is 11.6. The summed E-state index contributed by atoms with van der Waals surface area (Å²) in [6.07, 6.45) is 0. The second-order valence-electron chi connectivity index (χ2n) is 5.71. The van der Waals surface area contributed by atoms with Gasteiger partial charge in [-0.25, -0.2) is 9.59 Å². The van der Waals surface area contributed by atoms with Gasteiger partial charge in [0.2, 0.25) is 0 Å². The molecule has 0 aliphatic heterocycles. The van der Waals surface area contributed by atoms with Crippen molar-refractivity contribution in [2.24, 2.45) is 0 Å². The Morgan fingerprint density at radius 1 is 0.656 bits per heavy atom. The smallest absolute Gasteiger partial charge is 0.347 e. The number of carbonyl (C=O) groups is 2. The lowest BCUT2D eigenvalue weighted by Crippen LogP contribution is -2.45. The molecule has 0 radical (unpaired) electrons. The van der Waals surface area contributed by atoms with E-state index < -0.39 is 34.2 Å². The summed E-state index contributed by atoms with van der Waals surface area (Å²) in [5.74, 6) is -1.94. The minimum Gasteiger partial charge on any atom is -0.480 e. The Kier molecular flexibility index (Phi) is 10.0. The number of alkyl halides is 4. The van der Waals surface area contributed by atoms with Crippen LogP contribution in [0.15, 0.2) is 36.4 Å². The van der Waals surface area contributed by atoms with Crippen LogP contribution >= 0.6 is 92.8 Å². The van der Waals surface area contributed by atoms with E-state index in [1.165, 1.54) is 36.4 Å². The average molecular weight is 606 g/mol. The second-order valence-corrected chi connectivity index (χ2v) is 9.91. The standard InChI is InChI=1S/C18H10Cl8O6/c19-9-1-3-13(11(21)5-9)29-7-15(27)31-17(23,24)18(25,26)32-16(28)8-30-14-4-2-10(20)6-12(14)22/h1-6H,7-8H2. The summed E-state index contributed by atoms with van der Waals surface area (Å²) in [6, 6.07) is 8.63. The predicted octanol–water partition coefficient (Wildman–Crippen LogP) is 7.11. The highest BCUT2D eigenvalue weighted by atomic mass is 35.5. The number of hydrogen-bond acceptors (Lipinski definition) is 6. The van der Waals surface area contributed by atoms with Crippen molar-refractivity contribution in [2.75, 3.05) is 13.2 Å². The molecule has 2 aromatic carbocycles. The predicted molar refractivity (Wildman–Crippen MR) is 125 cm³/mol. The van der Waals surface area contributed by atoms with E-state index >= 15 is 0 Å². The minimum absolute atomic E-state index is 0.134. The van der Waals surface area contributed by atoms with E-state index in [1.807, 2.05) is 0 Å². The van der Waals surface area contributed by atoms with Gasteiger partial charge in [-0.3, -0.25) is 0 Å². The second kappa shape index (κ2) is 11.6. The molecule has 32 heavy (non-hydrogen) atoms. The summed E-state index contributed by atoms with van der Waals surface area (Å²) in [5.41, 5.74) is 0. The largest absolute Gasteiger partial charge is 0.480 e. The fourth-order valence-electron chi connectivity index (χ4n) is 1.92. The van der Waals surface area contributed by atoms with Gasteiger partial charge in [-0.1, -0.05) is 46.4 Å². The fourth-order valence-corrected chi connectivity index (χ4v) is 3.35. The molecular weight excluding hydrogens is 596 g/mol. The zero-order chi connectivity index (χ0) is 24.1. The zero-order valence-corrected chi connectivity index (χ0v) is 21.4. The molecule has 0 saturated heterocycles. The fraction of sp³-hybridized carbons (Fsp3) is 0.222. The topological polar surface area (TPSA) is 71.1 Å². The molecule has 0 unspecified atom stereocenters. The van der Waals surface area contributed by atoms with Crippen LogP contribution < -0.4 is 9.47 Å². The molecule has 0 saturated carbocycles. The highest BCUT2D eigenvalue weighted by Gasteiger charge is 2.55. The van der Waals surface area contributed by atoms with Gasteiger partial charge >= 0.3 is 21.0 Å². The van der Waals surface area contributed by atoms with Crippen LogP contribution in [-0.4, -0.2) is 34.2 Å². The molecule has 0 aromatic heterocycles. The maximum absolute atomic E-state index is 12.0. The SMILES string of the molecule is O=C(COc1ccc(Cl)cc1Cl)OC(Cl)(Cl)C(Cl)(Cl)OC(=O)COc1ccc(Cl)cc1Cl. The van der Waals surface area contributed by atoms with E-state index in [0.717, 1.165) is 0 Å². The van der Waals surface area contributed by atoms with Crippen molar-refractivity contribution in [3.63, 3.8) is 0 Å². The van der Waals surface area contributed by atoms with Crippen LogP contribution in [0.2, 0.25) is 20.1 Å². The Morgan fingerprint density at radius 2 is 1.00 bits per heavy atom. The van der Waals surface area contributed by atoms with E-state index in [2.05, 4.69) is 0 Å². The van der Waals surface area contributed by atoms with Crippen LogP contribution in [0.1, 0.15) is 0 Å². The van der Waals surface area contributed by atoms with Crippen LogP contribution in [0, 0.1) is 0 Å². The number of esters is 2. The van der Waals surface area contributed by atoms with E-state index in [1.54, 1.807) is 0 Å². The lowest BCUT2D eigenvalue weighted by atomic mass is 10.3. The molecule has 0 spiro atoms. The lowest BCUT2D eigenvalue weighted by molar-refractivity contribution is -0.165. The molecule has 0 bridgehead atoms. The molecule has 0 amide bonds. The van der Waals surface area contributed by atoms with Crippen LogP contribution in [0.3, 0.4) is 0 Å². The minimum atomic E-state index is -2.71. The molecule has 0 heterocycles. The number of ether oxygens (including phenoxy) is 4. The summed E-state index contributed by atoms with van der Waals surface area (Å²) in [4.78, 5) is 24.1. The summed E-state index contributed by atoms with van der Waals surface area (Å²) in [6.45, 7) is -1.36. The van der Waals surface area contributed by atoms with E-state index in [-0.39, 0.29) is 21.5 Å². The highest BCUT2D eigenvalue weighted by molar-refractivity contribution is 6.61. The zero-order valence-electron chi connectivity index (χ0n) is 15.4. The van der Waals surface area contributed by atoms with Crippen molar-refractivity contribution in [1.82, 2.24) is 0 Å². The number of carbonyl (C=O) groups excluding carboxylic acids is 2. The van der Waals surface area contributed by atoms with Gasteiger partial charge in [-0.05, 0) is 82.8 Å². The van der Waals surface area contributed by atoms with Crippen molar-refractivity contribution in [1.29, 1.82) is 0 Å². The first-order valence-electron chi connectivity index (χ1n) is 8.16. The summed E-state index contributed by atoms with van der Waals surface area (Å²) < 4.78 is 14.5. The highest BCUT2D eigenvalue weighted by Crippen LogP contribution is 2.45. The molecule has 0 aliphatic carbocycles. The Hall–Kier alpha value is -0.700. The van der Waals surface area contributed by atoms with Crippen LogP contribution in [0.25, 0.3) is 0 Å². The van der Waals surface area contributed by atoms with E-state index in [4.69, 9.17) is 112 Å². The summed E-state index contributed by atoms with van der Waals surface area (Å²) in [7, 11) is 0. The summed E-state index contributed by atoms with van der Waals surface area (Å²) in [5, 5.41) is 1.02. The van der Waals surface area contributed by atoms with Crippen molar-refractivity contribution in [3.8, 4) is 11.5 Å². The molecule has 14 heteroatoms. The van der Waals surface area contributed by atoms with Gasteiger partial charge in [0.1, 0.15) is 11.5 Å². The number of rotatable bonds is 9. The Bertz CT molecular complexity index is 918. The van der Waals surface area contributed by atoms with Crippen LogP contribution in [-0.2, 0) is 19.1 Å². The molecular formula is C18H10Cl8O6. The van der Waals surface area contributed by atoms with Crippen molar-refractivity contribution in [3.05, 3.63) is 56.5 Å². The van der Waals surface area contributed by atoms with Gasteiger partial charge in [0.15, 0.2) is 13.2 Å². The van der Waals surface area contributed by atoms with Gasteiger partial charge in [0, 0.05) is 10.0 Å². The summed E-state index contributed by atoms with van der Waals surface area (Å²) >= 11 is 46.9. The molecule has 0 N–H and O–H groups in total. The Balaban J connectivity index is 1.90. The third kappa shape index (κ3) is 7.96. The first-order chi connectivity index (χ1) is 14.8. The quantitative estimate of drug-likeness (QED) is 0.224. The maximum Gasteiger partial charge on any atom is 0.347 e. The van der Waals surface area contributed by atoms with Crippen molar-refractivity contribution in [2.45, 2.75) is 9.04 Å². The van der Waals surface area contributed by atoms with Crippen molar-refractivity contribution < 1.29 is 28.5 Å². The average Bonchev–Trinajstić information content (AvgIpc) is 2.65. The molecule has 0 aliphatic rings. The molecule has 174 valence electrons. The Morgan fingerprint density at radius 3 is 1.31 bits per heavy atom. The number of benzene rings is 2. The number of hydrogen-bond donors (Lipinski definition) is 0. The van der Waals surface area contributed by atoms with Gasteiger partial charge in [-0.2, -0.15) is 0 Å². The monoisotopic (exact) mass is 602 g/mol. The van der Waals surface area contributed by atoms with Gasteiger partial charge in [-0.15, -0.1) is 0 Å². The third-order valence-corrected chi connectivity index (χ3v) is 6.12. The number of halogens is 8. The molecule has 0 fully saturated rings. The van der Waals surface area contributed by atoms with Gasteiger partial charge in [0.25, 0.3) is 0 Å². The molecule has 6 nitrogen and oxygen atoms in total.